The number of benzene rings is 2. The second-order valence-electron chi connectivity index (χ2n) is 6.51. The number of aromatic amines is 1. The molecule has 4 aromatic rings. The number of carbonyl (C=O) groups excluding carboxylic acids is 2. The van der Waals surface area contributed by atoms with Crippen LogP contribution in [-0.4, -0.2) is 32.9 Å². The number of carbonyl (C=O) groups is 2. The van der Waals surface area contributed by atoms with Crippen LogP contribution in [0.15, 0.2) is 60.9 Å². The lowest BCUT2D eigenvalue weighted by Crippen LogP contribution is -2.07. The second kappa shape index (κ2) is 7.93. The van der Waals surface area contributed by atoms with E-state index >= 15 is 0 Å². The fourth-order valence-corrected chi connectivity index (χ4v) is 3.35. The quantitative estimate of drug-likeness (QED) is 0.378. The maximum atomic E-state index is 13.1. The van der Waals surface area contributed by atoms with Crippen LogP contribution < -0.4 is 0 Å². The monoisotopic (exact) mass is 407 g/mol. The van der Waals surface area contributed by atoms with Crippen LogP contribution in [0.1, 0.15) is 39.2 Å². The Balaban J connectivity index is 1.70. The van der Waals surface area contributed by atoms with E-state index in [0.29, 0.717) is 17.1 Å². The van der Waals surface area contributed by atoms with Gasteiger partial charge in [-0.25, -0.2) is 9.78 Å². The third-order valence-electron chi connectivity index (χ3n) is 4.59. The minimum Gasteiger partial charge on any atom is -0.461 e. The molecule has 2 heterocycles. The lowest BCUT2D eigenvalue weighted by atomic mass is 10.1. The van der Waals surface area contributed by atoms with E-state index in [-0.39, 0.29) is 23.9 Å². The van der Waals surface area contributed by atoms with Gasteiger partial charge in [0.15, 0.2) is 5.82 Å². The van der Waals surface area contributed by atoms with Crippen molar-refractivity contribution in [2.75, 3.05) is 6.61 Å². The predicted molar refractivity (Wildman–Crippen MR) is 110 cm³/mol. The summed E-state index contributed by atoms with van der Waals surface area (Å²) in [7, 11) is 0. The number of ketones is 1. The van der Waals surface area contributed by atoms with Gasteiger partial charge >= 0.3 is 5.97 Å². The lowest BCUT2D eigenvalue weighted by molar-refractivity contribution is 0.0520. The maximum Gasteiger partial charge on any atom is 0.356 e. The third kappa shape index (κ3) is 3.79. The summed E-state index contributed by atoms with van der Waals surface area (Å²) in [4.78, 5) is 31.8. The topological polar surface area (TPSA) is 77.0 Å². The molecule has 0 atom stereocenters. The van der Waals surface area contributed by atoms with Crippen molar-refractivity contribution in [1.29, 1.82) is 0 Å². The first-order valence-electron chi connectivity index (χ1n) is 9.16. The molecule has 0 amide bonds. The molecule has 0 radical (unpaired) electrons. The van der Waals surface area contributed by atoms with E-state index in [1.165, 1.54) is 6.20 Å². The number of ether oxygens (including phenoxy) is 1. The standard InChI is InChI=1S/C22H18ClN3O3/c1-2-29-22(28)18-11-24-21(25-18)20(27)17-13-26(19-6-4-3-5-16(17)19)12-14-7-9-15(23)10-8-14/h3-11,13H,2,12H2,1H3,(H,24,25). The van der Waals surface area contributed by atoms with E-state index < -0.39 is 5.97 Å². The van der Waals surface area contributed by atoms with E-state index in [0.717, 1.165) is 16.5 Å². The van der Waals surface area contributed by atoms with Crippen LogP contribution in [0.3, 0.4) is 0 Å². The van der Waals surface area contributed by atoms with E-state index in [4.69, 9.17) is 16.3 Å². The Morgan fingerprint density at radius 3 is 2.66 bits per heavy atom. The van der Waals surface area contributed by atoms with Crippen LogP contribution in [0, 0.1) is 0 Å². The minimum absolute atomic E-state index is 0.0995. The fraction of sp³-hybridized carbons (Fsp3) is 0.136. The average molecular weight is 408 g/mol. The summed E-state index contributed by atoms with van der Waals surface area (Å²) in [5.41, 5.74) is 2.67. The highest BCUT2D eigenvalue weighted by Crippen LogP contribution is 2.24. The lowest BCUT2D eigenvalue weighted by Gasteiger charge is -2.05. The molecule has 0 fully saturated rings. The van der Waals surface area contributed by atoms with Gasteiger partial charge in [0.05, 0.1) is 18.4 Å². The van der Waals surface area contributed by atoms with Gasteiger partial charge in [-0.1, -0.05) is 41.9 Å². The molecule has 0 saturated heterocycles. The molecule has 0 aliphatic heterocycles. The van der Waals surface area contributed by atoms with Crippen LogP contribution in [0.25, 0.3) is 10.9 Å². The van der Waals surface area contributed by atoms with Gasteiger partial charge in [-0.05, 0) is 30.7 Å². The number of hydrogen-bond acceptors (Lipinski definition) is 4. The van der Waals surface area contributed by atoms with Crippen LogP contribution in [0.5, 0.6) is 0 Å². The van der Waals surface area contributed by atoms with Crippen molar-refractivity contribution in [3.63, 3.8) is 0 Å². The first kappa shape index (κ1) is 19.0. The van der Waals surface area contributed by atoms with Crippen LogP contribution in [0.4, 0.5) is 0 Å². The highest BCUT2D eigenvalue weighted by Gasteiger charge is 2.21. The van der Waals surface area contributed by atoms with Gasteiger partial charge in [0.25, 0.3) is 0 Å². The number of aromatic nitrogens is 3. The molecule has 2 aromatic carbocycles. The molecule has 0 unspecified atom stereocenters. The maximum absolute atomic E-state index is 13.1. The summed E-state index contributed by atoms with van der Waals surface area (Å²) in [5, 5.41) is 1.50. The van der Waals surface area contributed by atoms with Gasteiger partial charge in [0.2, 0.25) is 5.78 Å². The Labute approximate surface area is 172 Å². The molecule has 4 rings (SSSR count). The van der Waals surface area contributed by atoms with E-state index in [9.17, 15) is 9.59 Å². The van der Waals surface area contributed by atoms with Crippen LogP contribution >= 0.6 is 11.6 Å². The summed E-state index contributed by atoms with van der Waals surface area (Å²) in [5.74, 6) is -0.724. The molecule has 2 aromatic heterocycles. The number of nitrogens with one attached hydrogen (secondary N) is 1. The number of imidazole rings is 1. The number of para-hydroxylation sites is 1. The van der Waals surface area contributed by atoms with Crippen molar-refractivity contribution in [2.45, 2.75) is 13.5 Å². The number of H-pyrrole nitrogens is 1. The SMILES string of the molecule is CCOC(=O)c1cnc(C(=O)c2cn(Cc3ccc(Cl)cc3)c3ccccc23)[nH]1. The van der Waals surface area contributed by atoms with Gasteiger partial charge in [0, 0.05) is 28.7 Å². The van der Waals surface area contributed by atoms with Gasteiger partial charge < -0.3 is 14.3 Å². The van der Waals surface area contributed by atoms with Crippen molar-refractivity contribution in [2.24, 2.45) is 0 Å². The Kier molecular flexibility index (Phi) is 5.18. The normalized spacial score (nSPS) is 11.0. The molecule has 29 heavy (non-hydrogen) atoms. The van der Waals surface area contributed by atoms with E-state index in [1.54, 1.807) is 6.92 Å². The van der Waals surface area contributed by atoms with Crippen molar-refractivity contribution < 1.29 is 14.3 Å². The summed E-state index contributed by atoms with van der Waals surface area (Å²) in [6.07, 6.45) is 3.13. The Bertz CT molecular complexity index is 1190. The average Bonchev–Trinajstić information content (AvgIpc) is 3.35. The number of hydrogen-bond donors (Lipinski definition) is 1. The van der Waals surface area contributed by atoms with Crippen molar-refractivity contribution in [3.05, 3.63) is 88.6 Å². The summed E-state index contributed by atoms with van der Waals surface area (Å²) in [6.45, 7) is 2.56. The van der Waals surface area contributed by atoms with E-state index in [2.05, 4.69) is 9.97 Å². The summed E-state index contributed by atoms with van der Waals surface area (Å²) in [6, 6.07) is 15.3. The smallest absolute Gasteiger partial charge is 0.356 e. The molecular weight excluding hydrogens is 390 g/mol. The number of esters is 1. The summed E-state index contributed by atoms with van der Waals surface area (Å²) >= 11 is 5.97. The molecule has 0 aliphatic rings. The van der Waals surface area contributed by atoms with Crippen LogP contribution in [-0.2, 0) is 11.3 Å². The first-order valence-corrected chi connectivity index (χ1v) is 9.53. The number of rotatable bonds is 6. The minimum atomic E-state index is -0.538. The molecule has 0 aliphatic carbocycles. The molecule has 0 bridgehead atoms. The highest BCUT2D eigenvalue weighted by molar-refractivity contribution is 6.30. The molecule has 146 valence electrons. The van der Waals surface area contributed by atoms with E-state index in [1.807, 2.05) is 59.3 Å². The zero-order chi connectivity index (χ0) is 20.4. The van der Waals surface area contributed by atoms with Crippen molar-refractivity contribution in [1.82, 2.24) is 14.5 Å². The van der Waals surface area contributed by atoms with Gasteiger partial charge in [-0.15, -0.1) is 0 Å². The molecule has 1 N–H and O–H groups in total. The van der Waals surface area contributed by atoms with Crippen LogP contribution in [0.2, 0.25) is 5.02 Å². The largest absolute Gasteiger partial charge is 0.461 e. The second-order valence-corrected chi connectivity index (χ2v) is 6.95. The van der Waals surface area contributed by atoms with Gasteiger partial charge in [0.1, 0.15) is 5.69 Å². The van der Waals surface area contributed by atoms with Crippen molar-refractivity contribution in [3.8, 4) is 0 Å². The molecule has 0 spiro atoms. The van der Waals surface area contributed by atoms with Gasteiger partial charge in [-0.2, -0.15) is 0 Å². The predicted octanol–water partition coefficient (Wildman–Crippen LogP) is 4.47. The van der Waals surface area contributed by atoms with Gasteiger partial charge in [-0.3, -0.25) is 4.79 Å². The highest BCUT2D eigenvalue weighted by atomic mass is 35.5. The fourth-order valence-electron chi connectivity index (χ4n) is 3.22. The first-order chi connectivity index (χ1) is 14.1. The Hall–Kier alpha value is -3.38. The molecule has 6 nitrogen and oxygen atoms in total. The molecular formula is C22H18ClN3O3. The third-order valence-corrected chi connectivity index (χ3v) is 4.84. The zero-order valence-corrected chi connectivity index (χ0v) is 16.4. The zero-order valence-electron chi connectivity index (χ0n) is 15.7. The number of fused-ring (bicyclic) bond motifs is 1. The molecule has 7 heteroatoms. The Morgan fingerprint density at radius 1 is 1.14 bits per heavy atom. The summed E-state index contributed by atoms with van der Waals surface area (Å²) < 4.78 is 6.96. The molecule has 0 saturated carbocycles. The number of halogens is 1. The number of nitrogens with zero attached hydrogens (tertiary/aromatic N) is 2. The van der Waals surface area contributed by atoms with Crippen molar-refractivity contribution >= 4 is 34.3 Å². The Morgan fingerprint density at radius 2 is 1.90 bits per heavy atom.